The first-order valence-electron chi connectivity index (χ1n) is 3.95. The molecule has 0 saturated carbocycles. The van der Waals surface area contributed by atoms with Crippen LogP contribution >= 0.6 is 0 Å². The van der Waals surface area contributed by atoms with Crippen molar-refractivity contribution in [2.75, 3.05) is 6.54 Å². The highest BCUT2D eigenvalue weighted by Crippen LogP contribution is 2.29. The molecule has 1 rings (SSSR count). The summed E-state index contributed by atoms with van der Waals surface area (Å²) >= 11 is 0. The number of allylic oxidation sites excluding steroid dienone is 2. The van der Waals surface area contributed by atoms with Crippen molar-refractivity contribution < 1.29 is 22.3 Å². The molecule has 0 aromatic heterocycles. The third-order valence-corrected chi connectivity index (χ3v) is 1.76. The lowest BCUT2D eigenvalue weighted by Crippen LogP contribution is -2.18. The van der Waals surface area contributed by atoms with E-state index in [1.807, 2.05) is 0 Å². The lowest BCUT2D eigenvalue weighted by Gasteiger charge is -2.17. The van der Waals surface area contributed by atoms with E-state index in [0.29, 0.717) is 0 Å². The maximum Gasteiger partial charge on any atom is 0.573 e. The summed E-state index contributed by atoms with van der Waals surface area (Å²) in [4.78, 5) is 0. The summed E-state index contributed by atoms with van der Waals surface area (Å²) in [6, 6.07) is 0. The predicted molar refractivity (Wildman–Crippen MR) is 41.6 cm³/mol. The Bertz CT molecular complexity index is 269. The van der Waals surface area contributed by atoms with Crippen molar-refractivity contribution in [3.05, 3.63) is 23.7 Å². The first kappa shape index (κ1) is 11.0. The van der Waals surface area contributed by atoms with Crippen LogP contribution < -0.4 is 5.73 Å². The van der Waals surface area contributed by atoms with Crippen molar-refractivity contribution >= 4 is 0 Å². The molecule has 0 heterocycles. The summed E-state index contributed by atoms with van der Waals surface area (Å²) in [5.41, 5.74) is 5.23. The van der Waals surface area contributed by atoms with Crippen molar-refractivity contribution in [2.24, 2.45) is 11.7 Å². The van der Waals surface area contributed by atoms with Crippen LogP contribution in [0.15, 0.2) is 23.7 Å². The Kier molecular flexibility index (Phi) is 3.15. The van der Waals surface area contributed by atoms with E-state index in [9.17, 15) is 17.6 Å². The van der Waals surface area contributed by atoms with Crippen molar-refractivity contribution in [1.82, 2.24) is 0 Å². The summed E-state index contributed by atoms with van der Waals surface area (Å²) in [6.45, 7) is 0.198. The van der Waals surface area contributed by atoms with Crippen LogP contribution in [0.1, 0.15) is 6.42 Å². The minimum absolute atomic E-state index is 0.140. The molecule has 0 aromatic rings. The van der Waals surface area contributed by atoms with E-state index < -0.39 is 17.9 Å². The van der Waals surface area contributed by atoms with Gasteiger partial charge in [0, 0.05) is 6.42 Å². The summed E-state index contributed by atoms with van der Waals surface area (Å²) in [6.07, 6.45) is -2.63. The zero-order chi connectivity index (χ0) is 10.8. The molecule has 0 aliphatic heterocycles. The van der Waals surface area contributed by atoms with E-state index in [1.54, 1.807) is 0 Å². The molecule has 0 saturated heterocycles. The Balaban J connectivity index is 2.68. The van der Waals surface area contributed by atoms with Crippen LogP contribution in [0.5, 0.6) is 0 Å². The van der Waals surface area contributed by atoms with Crippen LogP contribution in [0.3, 0.4) is 0 Å². The average molecular weight is 211 g/mol. The van der Waals surface area contributed by atoms with Crippen molar-refractivity contribution in [3.63, 3.8) is 0 Å². The van der Waals surface area contributed by atoms with Gasteiger partial charge in [-0.05, 0) is 18.5 Å². The minimum atomic E-state index is -4.85. The third kappa shape index (κ3) is 3.02. The van der Waals surface area contributed by atoms with Gasteiger partial charge in [-0.1, -0.05) is 6.08 Å². The number of alkyl halides is 3. The Morgan fingerprint density at radius 1 is 1.50 bits per heavy atom. The second-order valence-corrected chi connectivity index (χ2v) is 2.88. The van der Waals surface area contributed by atoms with E-state index >= 15 is 0 Å². The van der Waals surface area contributed by atoms with Gasteiger partial charge in [-0.25, -0.2) is 4.39 Å². The van der Waals surface area contributed by atoms with Crippen molar-refractivity contribution in [2.45, 2.75) is 12.8 Å². The zero-order valence-corrected chi connectivity index (χ0v) is 7.14. The van der Waals surface area contributed by atoms with E-state index in [2.05, 4.69) is 4.74 Å². The van der Waals surface area contributed by atoms with Gasteiger partial charge in [0.15, 0.2) is 5.76 Å². The maximum absolute atomic E-state index is 13.0. The second kappa shape index (κ2) is 4.00. The summed E-state index contributed by atoms with van der Waals surface area (Å²) < 4.78 is 51.6. The van der Waals surface area contributed by atoms with Crippen LogP contribution in [-0.4, -0.2) is 12.9 Å². The summed E-state index contributed by atoms with van der Waals surface area (Å²) in [5, 5.41) is 0. The Morgan fingerprint density at radius 3 is 2.57 bits per heavy atom. The molecule has 0 fully saturated rings. The molecule has 14 heavy (non-hydrogen) atoms. The monoisotopic (exact) mass is 211 g/mol. The van der Waals surface area contributed by atoms with Gasteiger partial charge in [-0.15, -0.1) is 13.2 Å². The van der Waals surface area contributed by atoms with E-state index in [1.165, 1.54) is 6.08 Å². The highest BCUT2D eigenvalue weighted by molar-refractivity contribution is 5.22. The molecule has 2 nitrogen and oxygen atoms in total. The van der Waals surface area contributed by atoms with Crippen LogP contribution in [-0.2, 0) is 4.74 Å². The van der Waals surface area contributed by atoms with E-state index in [-0.39, 0.29) is 18.9 Å². The standard InChI is InChI=1S/C8H9F4NO/c9-6-3-5(4-13)1-2-7(6)14-8(10,11)12/h1-2,5H,3-4,13H2. The fraction of sp³-hybridized carbons (Fsp3) is 0.500. The lowest BCUT2D eigenvalue weighted by molar-refractivity contribution is -0.304. The molecule has 0 radical (unpaired) electrons. The fourth-order valence-electron chi connectivity index (χ4n) is 1.09. The largest absolute Gasteiger partial charge is 0.573 e. The van der Waals surface area contributed by atoms with E-state index in [4.69, 9.17) is 5.73 Å². The third-order valence-electron chi connectivity index (χ3n) is 1.76. The zero-order valence-electron chi connectivity index (χ0n) is 7.14. The second-order valence-electron chi connectivity index (χ2n) is 2.88. The predicted octanol–water partition coefficient (Wildman–Crippen LogP) is 2.24. The molecular formula is C8H9F4NO. The molecule has 0 amide bonds. The molecule has 6 heteroatoms. The summed E-state index contributed by atoms with van der Waals surface area (Å²) in [5.74, 6) is -1.95. The fourth-order valence-corrected chi connectivity index (χ4v) is 1.09. The number of hydrogen-bond donors (Lipinski definition) is 1. The van der Waals surface area contributed by atoms with Gasteiger partial charge in [-0.3, -0.25) is 0 Å². The number of nitrogens with two attached hydrogens (primary N) is 1. The maximum atomic E-state index is 13.0. The molecule has 1 aliphatic rings. The van der Waals surface area contributed by atoms with Gasteiger partial charge in [0.25, 0.3) is 0 Å². The van der Waals surface area contributed by atoms with Gasteiger partial charge in [-0.2, -0.15) is 0 Å². The van der Waals surface area contributed by atoms with E-state index in [0.717, 1.165) is 6.08 Å². The molecule has 80 valence electrons. The topological polar surface area (TPSA) is 35.2 Å². The number of hydrogen-bond acceptors (Lipinski definition) is 2. The van der Waals surface area contributed by atoms with Crippen LogP contribution in [0.2, 0.25) is 0 Å². The molecular weight excluding hydrogens is 202 g/mol. The van der Waals surface area contributed by atoms with Crippen molar-refractivity contribution in [3.8, 4) is 0 Å². The SMILES string of the molecule is NCC1C=CC(OC(F)(F)F)=C(F)C1. The normalized spacial score (nSPS) is 22.8. The first-order valence-corrected chi connectivity index (χ1v) is 3.95. The quantitative estimate of drug-likeness (QED) is 0.711. The van der Waals surface area contributed by atoms with Crippen LogP contribution in [0.25, 0.3) is 0 Å². The molecule has 1 aliphatic carbocycles. The number of halogens is 4. The van der Waals surface area contributed by atoms with Gasteiger partial charge in [0.2, 0.25) is 0 Å². The van der Waals surface area contributed by atoms with Crippen LogP contribution in [0, 0.1) is 5.92 Å². The smallest absolute Gasteiger partial charge is 0.403 e. The van der Waals surface area contributed by atoms with Crippen molar-refractivity contribution in [1.29, 1.82) is 0 Å². The highest BCUT2D eigenvalue weighted by atomic mass is 19.4. The molecule has 2 N–H and O–H groups in total. The summed E-state index contributed by atoms with van der Waals surface area (Å²) in [7, 11) is 0. The van der Waals surface area contributed by atoms with Gasteiger partial charge >= 0.3 is 6.36 Å². The Labute approximate surface area is 78.0 Å². The number of rotatable bonds is 2. The Morgan fingerprint density at radius 2 is 2.14 bits per heavy atom. The average Bonchev–Trinajstić information content (AvgIpc) is 2.06. The lowest BCUT2D eigenvalue weighted by atomic mass is 9.99. The van der Waals surface area contributed by atoms with Crippen LogP contribution in [0.4, 0.5) is 17.6 Å². The van der Waals surface area contributed by atoms with Gasteiger partial charge < -0.3 is 10.5 Å². The molecule has 1 unspecified atom stereocenters. The number of ether oxygens (including phenoxy) is 1. The molecule has 0 bridgehead atoms. The van der Waals surface area contributed by atoms with Gasteiger partial charge in [0.05, 0.1) is 0 Å². The Hall–Kier alpha value is -1.04. The minimum Gasteiger partial charge on any atom is -0.403 e. The highest BCUT2D eigenvalue weighted by Gasteiger charge is 2.33. The molecule has 0 aromatic carbocycles. The molecule has 1 atom stereocenters. The molecule has 0 spiro atoms. The first-order chi connectivity index (χ1) is 6.42. The van der Waals surface area contributed by atoms with Gasteiger partial charge in [0.1, 0.15) is 5.83 Å².